The predicted octanol–water partition coefficient (Wildman–Crippen LogP) is 5.93. The van der Waals surface area contributed by atoms with Crippen LogP contribution in [-0.2, 0) is 23.1 Å². The number of hydrogen-bond donors (Lipinski definition) is 2. The molecule has 0 aromatic heterocycles. The van der Waals surface area contributed by atoms with Gasteiger partial charge in [-0.05, 0) is 35.7 Å². The van der Waals surface area contributed by atoms with Crippen molar-refractivity contribution in [3.63, 3.8) is 0 Å². The first-order valence-electron chi connectivity index (χ1n) is 9.31. The van der Waals surface area contributed by atoms with Crippen LogP contribution in [0.25, 0.3) is 0 Å². The second-order valence-electron chi connectivity index (χ2n) is 6.77. The summed E-state index contributed by atoms with van der Waals surface area (Å²) < 4.78 is 40.8. The molecular formula is C23H22ClF3N2OS. The molecule has 31 heavy (non-hydrogen) atoms. The zero-order valence-electron chi connectivity index (χ0n) is 16.4. The van der Waals surface area contributed by atoms with Gasteiger partial charge in [0, 0.05) is 16.3 Å². The van der Waals surface area contributed by atoms with Crippen LogP contribution in [0.5, 0.6) is 0 Å². The lowest BCUT2D eigenvalue weighted by atomic mass is 10.1. The van der Waals surface area contributed by atoms with Crippen LogP contribution in [0.4, 0.5) is 18.9 Å². The topological polar surface area (TPSA) is 55.1 Å². The second-order valence-corrected chi connectivity index (χ2v) is 7.79. The van der Waals surface area contributed by atoms with Crippen LogP contribution in [-0.4, -0.2) is 11.9 Å². The van der Waals surface area contributed by atoms with E-state index in [1.54, 1.807) is 0 Å². The average Bonchev–Trinajstić information content (AvgIpc) is 2.73. The molecule has 0 aliphatic carbocycles. The molecule has 0 bridgehead atoms. The number of thioether (sulfide) groups is 1. The summed E-state index contributed by atoms with van der Waals surface area (Å²) in [5, 5.41) is 2.50. The molecule has 8 heteroatoms. The van der Waals surface area contributed by atoms with Gasteiger partial charge in [-0.25, -0.2) is 0 Å². The van der Waals surface area contributed by atoms with E-state index in [2.05, 4.69) is 5.32 Å². The zero-order chi connectivity index (χ0) is 21.6. The lowest BCUT2D eigenvalue weighted by Crippen LogP contribution is -2.37. The minimum absolute atomic E-state index is 0. The normalized spacial score (nSPS) is 12.0. The Balaban J connectivity index is 0.00000341. The number of amides is 1. The van der Waals surface area contributed by atoms with Gasteiger partial charge in [-0.2, -0.15) is 13.2 Å². The van der Waals surface area contributed by atoms with Gasteiger partial charge in [0.2, 0.25) is 5.91 Å². The van der Waals surface area contributed by atoms with Crippen molar-refractivity contribution >= 4 is 35.8 Å². The van der Waals surface area contributed by atoms with E-state index in [1.807, 2.05) is 60.7 Å². The molecule has 1 amide bonds. The summed E-state index contributed by atoms with van der Waals surface area (Å²) in [6.07, 6.45) is -4.24. The van der Waals surface area contributed by atoms with Crippen LogP contribution in [0.3, 0.4) is 0 Å². The molecule has 0 radical (unpaired) electrons. The molecule has 0 saturated carbocycles. The van der Waals surface area contributed by atoms with Crippen molar-refractivity contribution in [3.8, 4) is 0 Å². The fourth-order valence-electron chi connectivity index (χ4n) is 2.89. The Hall–Kier alpha value is -2.48. The van der Waals surface area contributed by atoms with Gasteiger partial charge < -0.3 is 11.1 Å². The molecule has 3 aromatic carbocycles. The Kier molecular flexibility index (Phi) is 8.98. The molecule has 0 heterocycles. The van der Waals surface area contributed by atoms with Gasteiger partial charge in [-0.15, -0.1) is 24.2 Å². The maximum atomic E-state index is 13.6. The van der Waals surface area contributed by atoms with Crippen molar-refractivity contribution in [3.05, 3.63) is 95.6 Å². The van der Waals surface area contributed by atoms with Gasteiger partial charge in [-0.1, -0.05) is 60.7 Å². The highest BCUT2D eigenvalue weighted by atomic mass is 35.5. The Bertz CT molecular complexity index is 985. The monoisotopic (exact) mass is 466 g/mol. The molecule has 0 unspecified atom stereocenters. The lowest BCUT2D eigenvalue weighted by molar-refractivity contribution is -0.139. The lowest BCUT2D eigenvalue weighted by Gasteiger charge is -2.16. The van der Waals surface area contributed by atoms with Crippen LogP contribution in [0.2, 0.25) is 0 Å². The number of halogens is 4. The number of rotatable bonds is 7. The van der Waals surface area contributed by atoms with Gasteiger partial charge in [0.15, 0.2) is 0 Å². The maximum Gasteiger partial charge on any atom is 0.417 e. The Morgan fingerprint density at radius 2 is 1.52 bits per heavy atom. The third kappa shape index (κ3) is 7.31. The van der Waals surface area contributed by atoms with Crippen LogP contribution in [0, 0.1) is 0 Å². The summed E-state index contributed by atoms with van der Waals surface area (Å²) >= 11 is 1.11. The van der Waals surface area contributed by atoms with Gasteiger partial charge >= 0.3 is 6.18 Å². The van der Waals surface area contributed by atoms with E-state index >= 15 is 0 Å². The SMILES string of the molecule is Cl.N[C@@H](Cc1ccccc1)C(=O)Nc1ccc(SCc2ccccc2)c(C(F)(F)F)c1. The van der Waals surface area contributed by atoms with Crippen molar-refractivity contribution in [2.24, 2.45) is 5.73 Å². The Labute approximate surface area is 189 Å². The number of hydrogen-bond acceptors (Lipinski definition) is 3. The minimum atomic E-state index is -4.54. The van der Waals surface area contributed by atoms with E-state index < -0.39 is 23.7 Å². The fourth-order valence-corrected chi connectivity index (χ4v) is 3.90. The third-order valence-electron chi connectivity index (χ3n) is 4.42. The number of benzene rings is 3. The maximum absolute atomic E-state index is 13.6. The molecular weight excluding hydrogens is 445 g/mol. The molecule has 3 nitrogen and oxygen atoms in total. The van der Waals surface area contributed by atoms with Crippen molar-refractivity contribution < 1.29 is 18.0 Å². The molecule has 0 fully saturated rings. The van der Waals surface area contributed by atoms with Crippen LogP contribution in [0.1, 0.15) is 16.7 Å². The predicted molar refractivity (Wildman–Crippen MR) is 121 cm³/mol. The molecule has 3 aromatic rings. The van der Waals surface area contributed by atoms with Crippen molar-refractivity contribution in [2.75, 3.05) is 5.32 Å². The first kappa shape index (κ1) is 24.8. The fraction of sp³-hybridized carbons (Fsp3) is 0.174. The average molecular weight is 467 g/mol. The second kappa shape index (κ2) is 11.2. The number of carbonyl (C=O) groups is 1. The molecule has 0 spiro atoms. The van der Waals surface area contributed by atoms with E-state index in [4.69, 9.17) is 5.73 Å². The minimum Gasteiger partial charge on any atom is -0.325 e. The quantitative estimate of drug-likeness (QED) is 0.424. The van der Waals surface area contributed by atoms with Crippen molar-refractivity contribution in [2.45, 2.75) is 29.3 Å². The largest absolute Gasteiger partial charge is 0.417 e. The van der Waals surface area contributed by atoms with E-state index in [0.29, 0.717) is 12.2 Å². The van der Waals surface area contributed by atoms with Gasteiger partial charge in [0.1, 0.15) is 0 Å². The van der Waals surface area contributed by atoms with Crippen LogP contribution < -0.4 is 11.1 Å². The third-order valence-corrected chi connectivity index (χ3v) is 5.57. The highest BCUT2D eigenvalue weighted by Gasteiger charge is 2.34. The zero-order valence-corrected chi connectivity index (χ0v) is 18.1. The number of anilines is 1. The van der Waals surface area contributed by atoms with E-state index in [1.165, 1.54) is 12.1 Å². The van der Waals surface area contributed by atoms with Crippen LogP contribution >= 0.6 is 24.2 Å². The van der Waals surface area contributed by atoms with Crippen molar-refractivity contribution in [1.82, 2.24) is 0 Å². The number of nitrogens with two attached hydrogens (primary N) is 1. The van der Waals surface area contributed by atoms with Crippen molar-refractivity contribution in [1.29, 1.82) is 0 Å². The Morgan fingerprint density at radius 1 is 0.935 bits per heavy atom. The highest BCUT2D eigenvalue weighted by molar-refractivity contribution is 7.98. The Morgan fingerprint density at radius 3 is 2.10 bits per heavy atom. The molecule has 0 saturated heterocycles. The van der Waals surface area contributed by atoms with E-state index in [0.717, 1.165) is 29.0 Å². The van der Waals surface area contributed by atoms with Gasteiger partial charge in [-0.3, -0.25) is 4.79 Å². The summed E-state index contributed by atoms with van der Waals surface area (Å²) in [7, 11) is 0. The summed E-state index contributed by atoms with van der Waals surface area (Å²) in [6, 6.07) is 21.4. The number of carbonyl (C=O) groups excluding carboxylic acids is 1. The molecule has 3 rings (SSSR count). The highest BCUT2D eigenvalue weighted by Crippen LogP contribution is 2.39. The van der Waals surface area contributed by atoms with E-state index in [-0.39, 0.29) is 23.0 Å². The number of alkyl halides is 3. The molecule has 164 valence electrons. The number of nitrogens with one attached hydrogen (secondary N) is 1. The molecule has 0 aliphatic heterocycles. The molecule has 1 atom stereocenters. The smallest absolute Gasteiger partial charge is 0.325 e. The summed E-state index contributed by atoms with van der Waals surface area (Å²) in [4.78, 5) is 12.5. The first-order valence-corrected chi connectivity index (χ1v) is 10.3. The molecule has 3 N–H and O–H groups in total. The summed E-state index contributed by atoms with van der Waals surface area (Å²) in [5.41, 5.74) is 7.02. The van der Waals surface area contributed by atoms with Gasteiger partial charge in [0.25, 0.3) is 0 Å². The summed E-state index contributed by atoms with van der Waals surface area (Å²) in [6.45, 7) is 0. The van der Waals surface area contributed by atoms with Gasteiger partial charge in [0.05, 0.1) is 11.6 Å². The first-order chi connectivity index (χ1) is 14.3. The van der Waals surface area contributed by atoms with Crippen LogP contribution in [0.15, 0.2) is 83.8 Å². The molecule has 0 aliphatic rings. The van der Waals surface area contributed by atoms with E-state index in [9.17, 15) is 18.0 Å². The standard InChI is InChI=1S/C23H21F3N2OS.ClH/c24-23(25,26)19-14-18(11-12-21(19)30-15-17-9-5-2-6-10-17)28-22(29)20(27)13-16-7-3-1-4-8-16;/h1-12,14,20H,13,15,27H2,(H,28,29);1H/t20-;/m0./s1. The summed E-state index contributed by atoms with van der Waals surface area (Å²) in [5.74, 6) is -0.117.